The average Bonchev–Trinajstić information content (AvgIpc) is 2.92. The molecule has 0 fully saturated rings. The van der Waals surface area contributed by atoms with Crippen molar-refractivity contribution in [3.63, 3.8) is 0 Å². The highest BCUT2D eigenvalue weighted by Gasteiger charge is 2.32. The number of halogens is 2. The van der Waals surface area contributed by atoms with Gasteiger partial charge in [0.1, 0.15) is 18.4 Å². The number of carbonyl (C=O) groups is 2. The molecule has 3 aromatic rings. The van der Waals surface area contributed by atoms with Crippen molar-refractivity contribution in [2.75, 3.05) is 17.4 Å². The van der Waals surface area contributed by atoms with E-state index in [1.807, 2.05) is 37.3 Å². The van der Waals surface area contributed by atoms with Crippen molar-refractivity contribution < 1.29 is 22.4 Å². The Kier molecular flexibility index (Phi) is 10.3. The fourth-order valence-corrected chi connectivity index (χ4v) is 5.39. The minimum absolute atomic E-state index is 0.0216. The van der Waals surface area contributed by atoms with Gasteiger partial charge in [0.2, 0.25) is 11.8 Å². The lowest BCUT2D eigenvalue weighted by molar-refractivity contribution is -0.139. The van der Waals surface area contributed by atoms with Gasteiger partial charge in [-0.25, -0.2) is 12.8 Å². The summed E-state index contributed by atoms with van der Waals surface area (Å²) in [7, 11) is -4.24. The molecule has 0 bridgehead atoms. The number of nitrogens with zero attached hydrogens (tertiary/aromatic N) is 2. The van der Waals surface area contributed by atoms with Crippen LogP contribution in [0.1, 0.15) is 32.3 Å². The predicted octanol–water partition coefficient (Wildman–Crippen LogP) is 5.01. The van der Waals surface area contributed by atoms with Crippen LogP contribution in [0.25, 0.3) is 0 Å². The van der Waals surface area contributed by atoms with E-state index in [9.17, 15) is 22.4 Å². The summed E-state index contributed by atoms with van der Waals surface area (Å²) in [6.45, 7) is 3.54. The van der Waals surface area contributed by atoms with Gasteiger partial charge in [-0.05, 0) is 49.2 Å². The Bertz CT molecular complexity index is 1340. The Morgan fingerprint density at radius 2 is 1.63 bits per heavy atom. The monoisotopic (exact) mass is 559 g/mol. The summed E-state index contributed by atoms with van der Waals surface area (Å²) in [6, 6.07) is 19.3. The van der Waals surface area contributed by atoms with Gasteiger partial charge < -0.3 is 10.2 Å². The van der Waals surface area contributed by atoms with Crippen LogP contribution < -0.4 is 9.62 Å². The summed E-state index contributed by atoms with van der Waals surface area (Å²) in [5.74, 6) is -1.67. The largest absolute Gasteiger partial charge is 0.354 e. The van der Waals surface area contributed by atoms with Gasteiger partial charge in [-0.3, -0.25) is 13.9 Å². The van der Waals surface area contributed by atoms with E-state index in [1.54, 1.807) is 25.1 Å². The van der Waals surface area contributed by atoms with Gasteiger partial charge in [0.25, 0.3) is 10.0 Å². The van der Waals surface area contributed by atoms with Crippen LogP contribution in [0.2, 0.25) is 5.02 Å². The van der Waals surface area contributed by atoms with Gasteiger partial charge in [-0.2, -0.15) is 0 Å². The summed E-state index contributed by atoms with van der Waals surface area (Å²) in [6.07, 6.45) is 1.69. The average molecular weight is 560 g/mol. The summed E-state index contributed by atoms with van der Waals surface area (Å²) in [4.78, 5) is 28.0. The Morgan fingerprint density at radius 1 is 1.00 bits per heavy atom. The molecule has 3 aromatic carbocycles. The van der Waals surface area contributed by atoms with Crippen LogP contribution in [-0.4, -0.2) is 44.3 Å². The first-order chi connectivity index (χ1) is 18.1. The maximum absolute atomic E-state index is 13.9. The van der Waals surface area contributed by atoms with E-state index < -0.39 is 34.3 Å². The third-order valence-corrected chi connectivity index (χ3v) is 8.07. The van der Waals surface area contributed by atoms with Gasteiger partial charge in [-0.1, -0.05) is 73.5 Å². The van der Waals surface area contributed by atoms with Crippen molar-refractivity contribution >= 4 is 39.1 Å². The fourth-order valence-electron chi connectivity index (χ4n) is 3.79. The molecule has 0 aliphatic carbocycles. The van der Waals surface area contributed by atoms with E-state index in [0.717, 1.165) is 34.8 Å². The number of unbranched alkanes of at least 4 members (excludes halogenated alkanes) is 1. The second-order valence-corrected chi connectivity index (χ2v) is 11.0. The van der Waals surface area contributed by atoms with Crippen molar-refractivity contribution in [1.82, 2.24) is 10.2 Å². The molecule has 2 amide bonds. The summed E-state index contributed by atoms with van der Waals surface area (Å²) < 4.78 is 42.1. The van der Waals surface area contributed by atoms with Crippen LogP contribution in [0.5, 0.6) is 0 Å². The molecule has 1 N–H and O–H groups in total. The standard InChI is InChI=1S/C28H31ClFN3O4S/c1-3-4-17-31-28(35)21(2)32(19-22-11-7-5-8-12-22)27(34)20-33(23-15-16-26(30)25(29)18-23)38(36,37)24-13-9-6-10-14-24/h5-16,18,21H,3-4,17,19-20H2,1-2H3,(H,31,35). The molecule has 7 nitrogen and oxygen atoms in total. The number of anilines is 1. The van der Waals surface area contributed by atoms with Crippen LogP contribution in [-0.2, 0) is 26.2 Å². The van der Waals surface area contributed by atoms with Crippen LogP contribution in [0.15, 0.2) is 83.8 Å². The Labute approximate surface area is 228 Å². The minimum Gasteiger partial charge on any atom is -0.354 e. The van der Waals surface area contributed by atoms with Crippen LogP contribution in [0.3, 0.4) is 0 Å². The van der Waals surface area contributed by atoms with Crippen molar-refractivity contribution in [2.45, 2.75) is 44.2 Å². The minimum atomic E-state index is -4.24. The van der Waals surface area contributed by atoms with Crippen LogP contribution in [0, 0.1) is 5.82 Å². The molecule has 0 aliphatic rings. The molecule has 3 rings (SSSR count). The molecule has 0 aromatic heterocycles. The van der Waals surface area contributed by atoms with Crippen molar-refractivity contribution in [1.29, 1.82) is 0 Å². The molecule has 10 heteroatoms. The first-order valence-corrected chi connectivity index (χ1v) is 14.1. The smallest absolute Gasteiger partial charge is 0.264 e. The number of sulfonamides is 1. The number of hydrogen-bond donors (Lipinski definition) is 1. The lowest BCUT2D eigenvalue weighted by Gasteiger charge is -2.32. The molecule has 0 saturated heterocycles. The van der Waals surface area contributed by atoms with E-state index in [4.69, 9.17) is 11.6 Å². The second kappa shape index (κ2) is 13.4. The van der Waals surface area contributed by atoms with Gasteiger partial charge in [0.15, 0.2) is 0 Å². The lowest BCUT2D eigenvalue weighted by Crippen LogP contribution is -2.51. The Hall–Kier alpha value is -3.43. The van der Waals surface area contributed by atoms with Crippen LogP contribution in [0.4, 0.5) is 10.1 Å². The summed E-state index contributed by atoms with van der Waals surface area (Å²) in [5.41, 5.74) is 0.796. The zero-order valence-corrected chi connectivity index (χ0v) is 22.9. The fraction of sp³-hybridized carbons (Fsp3) is 0.286. The van der Waals surface area contributed by atoms with Crippen molar-refractivity contribution in [3.8, 4) is 0 Å². The molecule has 202 valence electrons. The molecule has 0 spiro atoms. The third kappa shape index (κ3) is 7.33. The topological polar surface area (TPSA) is 86.8 Å². The number of amides is 2. The third-order valence-electron chi connectivity index (χ3n) is 5.99. The zero-order valence-electron chi connectivity index (χ0n) is 21.3. The van der Waals surface area contributed by atoms with Gasteiger partial charge in [-0.15, -0.1) is 0 Å². The molecular formula is C28H31ClFN3O4S. The molecule has 0 saturated carbocycles. The zero-order chi connectivity index (χ0) is 27.7. The Morgan fingerprint density at radius 3 is 2.24 bits per heavy atom. The van der Waals surface area contributed by atoms with Gasteiger partial charge in [0.05, 0.1) is 15.6 Å². The maximum atomic E-state index is 13.9. The molecular weight excluding hydrogens is 529 g/mol. The molecule has 0 aliphatic heterocycles. The molecule has 38 heavy (non-hydrogen) atoms. The first kappa shape index (κ1) is 29.1. The normalized spacial score (nSPS) is 12.0. The van der Waals surface area contributed by atoms with Gasteiger partial charge >= 0.3 is 0 Å². The second-order valence-electron chi connectivity index (χ2n) is 8.75. The summed E-state index contributed by atoms with van der Waals surface area (Å²) >= 11 is 5.97. The lowest BCUT2D eigenvalue weighted by atomic mass is 10.1. The maximum Gasteiger partial charge on any atom is 0.264 e. The molecule has 1 unspecified atom stereocenters. The number of nitrogens with one attached hydrogen (secondary N) is 1. The Balaban J connectivity index is 1.99. The van der Waals surface area contributed by atoms with Crippen molar-refractivity contribution in [2.24, 2.45) is 0 Å². The van der Waals surface area contributed by atoms with E-state index in [1.165, 1.54) is 23.1 Å². The van der Waals surface area contributed by atoms with E-state index in [2.05, 4.69) is 5.32 Å². The highest BCUT2D eigenvalue weighted by Crippen LogP contribution is 2.28. The molecule has 0 radical (unpaired) electrons. The number of hydrogen-bond acceptors (Lipinski definition) is 4. The number of carbonyl (C=O) groups excluding carboxylic acids is 2. The highest BCUT2D eigenvalue weighted by atomic mass is 35.5. The van der Waals surface area contributed by atoms with Gasteiger partial charge in [0, 0.05) is 13.1 Å². The van der Waals surface area contributed by atoms with Crippen molar-refractivity contribution in [3.05, 3.63) is 95.3 Å². The highest BCUT2D eigenvalue weighted by molar-refractivity contribution is 7.92. The van der Waals surface area contributed by atoms with Crippen LogP contribution >= 0.6 is 11.6 Å². The quantitative estimate of drug-likeness (QED) is 0.316. The van der Waals surface area contributed by atoms with E-state index in [-0.39, 0.29) is 28.1 Å². The first-order valence-electron chi connectivity index (χ1n) is 12.3. The van der Waals surface area contributed by atoms with E-state index in [0.29, 0.717) is 6.54 Å². The summed E-state index contributed by atoms with van der Waals surface area (Å²) in [5, 5.41) is 2.55. The SMILES string of the molecule is CCCCNC(=O)C(C)N(Cc1ccccc1)C(=O)CN(c1ccc(F)c(Cl)c1)S(=O)(=O)c1ccccc1. The van der Waals surface area contributed by atoms with E-state index >= 15 is 0 Å². The predicted molar refractivity (Wildman–Crippen MR) is 147 cm³/mol. The number of rotatable bonds is 12. The number of benzene rings is 3. The molecule has 0 heterocycles. The molecule has 1 atom stereocenters.